The molecule has 1 N–H and O–H groups in total. The molecular weight excluding hydrogens is 449 g/mol. The highest BCUT2D eigenvalue weighted by atomic mass is 35.5. The Hall–Kier alpha value is -3.65. The smallest absolute Gasteiger partial charge is 0.227 e. The largest absolute Gasteiger partial charge is 0.495 e. The summed E-state index contributed by atoms with van der Waals surface area (Å²) < 4.78 is 24.1. The highest BCUT2D eigenvalue weighted by Crippen LogP contribution is 2.35. The molecule has 2 heterocycles. The summed E-state index contributed by atoms with van der Waals surface area (Å²) in [6, 6.07) is 14.2. The van der Waals surface area contributed by atoms with Gasteiger partial charge in [0, 0.05) is 42.9 Å². The molecule has 0 spiro atoms. The zero-order valence-corrected chi connectivity index (χ0v) is 18.5. The molecule has 1 atom stereocenters. The number of nitrogens with zero attached hydrogens (tertiary/aromatic N) is 2. The van der Waals surface area contributed by atoms with Gasteiger partial charge in [-0.1, -0.05) is 23.7 Å². The van der Waals surface area contributed by atoms with Gasteiger partial charge in [-0.3, -0.25) is 9.59 Å². The number of carbonyl (C=O) groups excluding carboxylic acids is 2. The Morgan fingerprint density at radius 1 is 1.24 bits per heavy atom. The number of pyridine rings is 1. The lowest BCUT2D eigenvalue weighted by atomic mass is 10.1. The molecule has 2 amide bonds. The maximum Gasteiger partial charge on any atom is 0.227 e. The van der Waals surface area contributed by atoms with Gasteiger partial charge in [0.15, 0.2) is 0 Å². The van der Waals surface area contributed by atoms with Gasteiger partial charge in [-0.25, -0.2) is 9.37 Å². The predicted octanol–water partition coefficient (Wildman–Crippen LogP) is 4.34. The Morgan fingerprint density at radius 2 is 2.09 bits per heavy atom. The molecule has 170 valence electrons. The summed E-state index contributed by atoms with van der Waals surface area (Å²) in [5, 5.41) is 3.32. The molecule has 0 radical (unpaired) electrons. The number of rotatable bonds is 7. The second kappa shape index (κ2) is 9.87. The number of ether oxygens (including phenoxy) is 2. The van der Waals surface area contributed by atoms with Crippen LogP contribution in [0.1, 0.15) is 12.0 Å². The van der Waals surface area contributed by atoms with E-state index in [1.165, 1.54) is 24.1 Å². The monoisotopic (exact) mass is 469 g/mol. The van der Waals surface area contributed by atoms with Crippen molar-refractivity contribution >= 4 is 29.1 Å². The number of nitrogens with one attached hydrogen (secondary N) is 1. The van der Waals surface area contributed by atoms with E-state index in [4.69, 9.17) is 21.1 Å². The first-order chi connectivity index (χ1) is 15.9. The fourth-order valence-corrected chi connectivity index (χ4v) is 3.72. The molecule has 7 nitrogen and oxygen atoms in total. The van der Waals surface area contributed by atoms with E-state index in [0.717, 1.165) is 5.56 Å². The Bertz CT molecular complexity index is 1170. The van der Waals surface area contributed by atoms with Crippen LogP contribution in [0.3, 0.4) is 0 Å². The van der Waals surface area contributed by atoms with E-state index < -0.39 is 11.7 Å². The third kappa shape index (κ3) is 5.40. The van der Waals surface area contributed by atoms with E-state index >= 15 is 0 Å². The minimum atomic E-state index is -0.496. The molecule has 0 bridgehead atoms. The average molecular weight is 470 g/mol. The molecule has 1 unspecified atom stereocenters. The Morgan fingerprint density at radius 3 is 2.82 bits per heavy atom. The van der Waals surface area contributed by atoms with Crippen LogP contribution >= 0.6 is 11.6 Å². The number of amides is 2. The second-order valence-corrected chi connectivity index (χ2v) is 7.94. The minimum Gasteiger partial charge on any atom is -0.495 e. The lowest BCUT2D eigenvalue weighted by Gasteiger charge is -2.20. The fraction of sp³-hybridized carbons (Fsp3) is 0.208. The summed E-state index contributed by atoms with van der Waals surface area (Å²) >= 11 is 6.08. The van der Waals surface area contributed by atoms with Gasteiger partial charge >= 0.3 is 0 Å². The van der Waals surface area contributed by atoms with Crippen molar-refractivity contribution in [3.8, 4) is 17.4 Å². The van der Waals surface area contributed by atoms with E-state index in [1.54, 1.807) is 48.7 Å². The van der Waals surface area contributed by atoms with Crippen molar-refractivity contribution in [3.63, 3.8) is 0 Å². The molecule has 1 aliphatic heterocycles. The molecule has 1 aromatic heterocycles. The molecule has 2 aromatic carbocycles. The van der Waals surface area contributed by atoms with Crippen molar-refractivity contribution in [1.29, 1.82) is 0 Å². The number of benzene rings is 2. The van der Waals surface area contributed by atoms with Gasteiger partial charge in [-0.15, -0.1) is 0 Å². The van der Waals surface area contributed by atoms with Crippen LogP contribution in [-0.2, 0) is 16.1 Å². The zero-order chi connectivity index (χ0) is 23.4. The summed E-state index contributed by atoms with van der Waals surface area (Å²) in [5.74, 6) is -0.128. The molecule has 4 rings (SSSR count). The van der Waals surface area contributed by atoms with Crippen molar-refractivity contribution in [2.24, 2.45) is 5.92 Å². The number of methoxy groups -OCH3 is 1. The van der Waals surface area contributed by atoms with E-state index in [-0.39, 0.29) is 31.3 Å². The lowest BCUT2D eigenvalue weighted by molar-refractivity contribution is -0.126. The van der Waals surface area contributed by atoms with Crippen LogP contribution in [0, 0.1) is 11.7 Å². The Kier molecular flexibility index (Phi) is 6.74. The standard InChI is InChI=1S/C24H21ClFN3O4/c1-32-21-7-6-17(25)10-20(21)29-14-16(9-23(29)30)24(31)28-13-15-5-8-22(27-12-15)33-19-4-2-3-18(26)11-19/h2-8,10-12,16H,9,13-14H2,1H3,(H,28,31). The highest BCUT2D eigenvalue weighted by molar-refractivity contribution is 6.31. The van der Waals surface area contributed by atoms with Crippen LogP contribution in [0.4, 0.5) is 10.1 Å². The average Bonchev–Trinajstić information content (AvgIpc) is 3.20. The number of aromatic nitrogens is 1. The van der Waals surface area contributed by atoms with Gasteiger partial charge in [0.05, 0.1) is 18.7 Å². The third-order valence-corrected chi connectivity index (χ3v) is 5.45. The van der Waals surface area contributed by atoms with Crippen LogP contribution in [0.25, 0.3) is 0 Å². The maximum atomic E-state index is 13.3. The highest BCUT2D eigenvalue weighted by Gasteiger charge is 2.36. The zero-order valence-electron chi connectivity index (χ0n) is 17.8. The van der Waals surface area contributed by atoms with Crippen LogP contribution in [0.2, 0.25) is 5.02 Å². The summed E-state index contributed by atoms with van der Waals surface area (Å²) in [4.78, 5) is 30.9. The fourth-order valence-electron chi connectivity index (χ4n) is 3.55. The maximum absolute atomic E-state index is 13.3. The van der Waals surface area contributed by atoms with Gasteiger partial charge in [0.1, 0.15) is 17.3 Å². The van der Waals surface area contributed by atoms with Gasteiger partial charge in [-0.05, 0) is 35.9 Å². The van der Waals surface area contributed by atoms with E-state index in [9.17, 15) is 14.0 Å². The molecule has 0 saturated carbocycles. The van der Waals surface area contributed by atoms with Crippen LogP contribution in [-0.4, -0.2) is 30.5 Å². The van der Waals surface area contributed by atoms with E-state index in [1.807, 2.05) is 0 Å². The summed E-state index contributed by atoms with van der Waals surface area (Å²) in [6.07, 6.45) is 1.66. The number of hydrogen-bond acceptors (Lipinski definition) is 5. The van der Waals surface area contributed by atoms with Gasteiger partial charge < -0.3 is 19.7 Å². The normalized spacial score (nSPS) is 15.4. The second-order valence-electron chi connectivity index (χ2n) is 7.50. The Labute approximate surface area is 195 Å². The molecule has 3 aromatic rings. The van der Waals surface area contributed by atoms with Crippen molar-refractivity contribution < 1.29 is 23.5 Å². The molecule has 1 saturated heterocycles. The minimum absolute atomic E-state index is 0.0974. The first kappa shape index (κ1) is 22.5. The summed E-state index contributed by atoms with van der Waals surface area (Å²) in [5.41, 5.74) is 1.30. The van der Waals surface area contributed by atoms with Crippen molar-refractivity contribution in [1.82, 2.24) is 10.3 Å². The summed E-state index contributed by atoms with van der Waals surface area (Å²) in [7, 11) is 1.51. The van der Waals surface area contributed by atoms with Crippen molar-refractivity contribution in [2.45, 2.75) is 13.0 Å². The van der Waals surface area contributed by atoms with Crippen LogP contribution < -0.4 is 19.7 Å². The van der Waals surface area contributed by atoms with Crippen molar-refractivity contribution in [3.05, 3.63) is 77.2 Å². The van der Waals surface area contributed by atoms with Crippen LogP contribution in [0.5, 0.6) is 17.4 Å². The predicted molar refractivity (Wildman–Crippen MR) is 121 cm³/mol. The topological polar surface area (TPSA) is 80.8 Å². The van der Waals surface area contributed by atoms with Gasteiger partial charge in [0.2, 0.25) is 17.7 Å². The molecular formula is C24H21ClFN3O4. The van der Waals surface area contributed by atoms with E-state index in [0.29, 0.717) is 28.1 Å². The summed E-state index contributed by atoms with van der Waals surface area (Å²) in [6.45, 7) is 0.483. The Balaban J connectivity index is 1.34. The molecule has 1 fully saturated rings. The third-order valence-electron chi connectivity index (χ3n) is 5.21. The lowest BCUT2D eigenvalue weighted by Crippen LogP contribution is -2.32. The number of hydrogen-bond donors (Lipinski definition) is 1. The quantitative estimate of drug-likeness (QED) is 0.556. The number of anilines is 1. The molecule has 0 aliphatic carbocycles. The molecule has 9 heteroatoms. The first-order valence-electron chi connectivity index (χ1n) is 10.2. The van der Waals surface area contributed by atoms with Gasteiger partial charge in [-0.2, -0.15) is 0 Å². The van der Waals surface area contributed by atoms with E-state index in [2.05, 4.69) is 10.3 Å². The van der Waals surface area contributed by atoms with Gasteiger partial charge in [0.25, 0.3) is 0 Å². The molecule has 1 aliphatic rings. The SMILES string of the molecule is COc1ccc(Cl)cc1N1CC(C(=O)NCc2ccc(Oc3cccc(F)c3)nc2)CC1=O. The first-order valence-corrected chi connectivity index (χ1v) is 10.6. The molecule has 33 heavy (non-hydrogen) atoms. The van der Waals surface area contributed by atoms with Crippen LogP contribution in [0.15, 0.2) is 60.8 Å². The number of carbonyl (C=O) groups is 2. The van der Waals surface area contributed by atoms with Crippen molar-refractivity contribution in [2.75, 3.05) is 18.6 Å². The number of halogens is 2.